The molecule has 0 saturated heterocycles. The van der Waals surface area contributed by atoms with Crippen LogP contribution in [0.2, 0.25) is 0 Å². The average Bonchev–Trinajstić information content (AvgIpc) is 3.95. The van der Waals surface area contributed by atoms with Gasteiger partial charge in [0.15, 0.2) is 0 Å². The SMILES string of the molecule is c1ccc(-c2ccc(N(c3cccc4oc5ccccc5c34)c3cccc4c3c3ccccc3n4C3(c4ccccc4)c4ccccc4-c4ccccc43)cc2)cc1. The Hall–Kier alpha value is -7.62. The maximum Gasteiger partial charge on any atom is 0.137 e. The predicted octanol–water partition coefficient (Wildman–Crippen LogP) is 14.7. The number of para-hydroxylation sites is 2. The first-order chi connectivity index (χ1) is 28.8. The molecule has 9 aromatic carbocycles. The maximum atomic E-state index is 6.52. The Morgan fingerprint density at radius 3 is 1.66 bits per heavy atom. The van der Waals surface area contributed by atoms with E-state index in [9.17, 15) is 0 Å². The van der Waals surface area contributed by atoms with E-state index >= 15 is 0 Å². The highest BCUT2D eigenvalue weighted by molar-refractivity contribution is 6.19. The molecule has 0 amide bonds. The van der Waals surface area contributed by atoms with Gasteiger partial charge in [0.1, 0.15) is 16.7 Å². The highest BCUT2D eigenvalue weighted by Gasteiger charge is 2.47. The molecule has 0 spiro atoms. The number of hydrogen-bond donors (Lipinski definition) is 0. The smallest absolute Gasteiger partial charge is 0.137 e. The molecular formula is C55H36N2O. The van der Waals surface area contributed by atoms with E-state index in [0.29, 0.717) is 0 Å². The van der Waals surface area contributed by atoms with Crippen molar-refractivity contribution in [1.29, 1.82) is 0 Å². The first-order valence-electron chi connectivity index (χ1n) is 19.9. The Kier molecular flexibility index (Phi) is 7.14. The fourth-order valence-electron chi connectivity index (χ4n) is 9.90. The van der Waals surface area contributed by atoms with Crippen molar-refractivity contribution in [1.82, 2.24) is 4.57 Å². The Morgan fingerprint density at radius 2 is 0.914 bits per heavy atom. The van der Waals surface area contributed by atoms with Crippen LogP contribution in [0, 0.1) is 0 Å². The normalized spacial score (nSPS) is 13.0. The van der Waals surface area contributed by atoms with E-state index in [1.807, 2.05) is 6.07 Å². The molecule has 0 fully saturated rings. The molecular weight excluding hydrogens is 705 g/mol. The molecule has 11 aromatic rings. The van der Waals surface area contributed by atoms with Crippen LogP contribution < -0.4 is 4.90 Å². The number of hydrogen-bond acceptors (Lipinski definition) is 2. The van der Waals surface area contributed by atoms with Crippen LogP contribution in [0.15, 0.2) is 223 Å². The van der Waals surface area contributed by atoms with Gasteiger partial charge in [-0.25, -0.2) is 0 Å². The van der Waals surface area contributed by atoms with E-state index in [1.54, 1.807) is 0 Å². The second-order valence-corrected chi connectivity index (χ2v) is 15.2. The van der Waals surface area contributed by atoms with Gasteiger partial charge >= 0.3 is 0 Å². The Balaban J connectivity index is 1.21. The number of benzene rings is 9. The van der Waals surface area contributed by atoms with Gasteiger partial charge in [-0.1, -0.05) is 170 Å². The van der Waals surface area contributed by atoms with Gasteiger partial charge in [-0.15, -0.1) is 0 Å². The number of aromatic nitrogens is 1. The fraction of sp³-hybridized carbons (Fsp3) is 0.0182. The van der Waals surface area contributed by atoms with Crippen LogP contribution in [0.5, 0.6) is 0 Å². The predicted molar refractivity (Wildman–Crippen MR) is 240 cm³/mol. The van der Waals surface area contributed by atoms with E-state index in [2.05, 4.69) is 222 Å². The second-order valence-electron chi connectivity index (χ2n) is 15.2. The minimum atomic E-state index is -0.642. The minimum Gasteiger partial charge on any atom is -0.456 e. The average molecular weight is 741 g/mol. The number of rotatable bonds is 6. The third kappa shape index (κ3) is 4.56. The lowest BCUT2D eigenvalue weighted by atomic mass is 9.80. The Bertz CT molecular complexity index is 3290. The van der Waals surface area contributed by atoms with Crippen molar-refractivity contribution >= 4 is 60.8 Å². The number of nitrogens with zero attached hydrogens (tertiary/aromatic N) is 2. The first-order valence-corrected chi connectivity index (χ1v) is 19.9. The largest absolute Gasteiger partial charge is 0.456 e. The van der Waals surface area contributed by atoms with Crippen molar-refractivity contribution in [3.8, 4) is 22.3 Å². The van der Waals surface area contributed by atoms with E-state index in [0.717, 1.165) is 44.5 Å². The summed E-state index contributed by atoms with van der Waals surface area (Å²) in [7, 11) is 0. The first kappa shape index (κ1) is 32.6. The van der Waals surface area contributed by atoms with Crippen LogP contribution in [0.4, 0.5) is 17.1 Å². The van der Waals surface area contributed by atoms with Crippen LogP contribution in [-0.2, 0) is 5.54 Å². The van der Waals surface area contributed by atoms with Gasteiger partial charge in [0.25, 0.3) is 0 Å². The van der Waals surface area contributed by atoms with Crippen LogP contribution >= 0.6 is 0 Å². The molecule has 1 aliphatic carbocycles. The summed E-state index contributed by atoms with van der Waals surface area (Å²) >= 11 is 0. The van der Waals surface area contributed by atoms with E-state index < -0.39 is 5.54 Å². The van der Waals surface area contributed by atoms with Crippen molar-refractivity contribution in [2.24, 2.45) is 0 Å². The Labute approximate surface area is 336 Å². The minimum absolute atomic E-state index is 0.642. The number of fused-ring (bicyclic) bond motifs is 9. The highest BCUT2D eigenvalue weighted by atomic mass is 16.3. The Morgan fingerprint density at radius 1 is 0.379 bits per heavy atom. The van der Waals surface area contributed by atoms with Crippen molar-refractivity contribution in [2.75, 3.05) is 4.90 Å². The summed E-state index contributed by atoms with van der Waals surface area (Å²) in [5.41, 5.74) is 15.3. The molecule has 1 aliphatic rings. The fourth-order valence-corrected chi connectivity index (χ4v) is 9.90. The van der Waals surface area contributed by atoms with E-state index in [-0.39, 0.29) is 0 Å². The molecule has 2 heterocycles. The summed E-state index contributed by atoms with van der Waals surface area (Å²) in [6, 6.07) is 79.3. The molecule has 272 valence electrons. The summed E-state index contributed by atoms with van der Waals surface area (Å²) in [6.07, 6.45) is 0. The van der Waals surface area contributed by atoms with Crippen LogP contribution in [-0.4, -0.2) is 4.57 Å². The molecule has 3 heteroatoms. The molecule has 0 radical (unpaired) electrons. The zero-order valence-electron chi connectivity index (χ0n) is 31.6. The number of anilines is 3. The van der Waals surface area contributed by atoms with Gasteiger partial charge in [-0.2, -0.15) is 0 Å². The lowest BCUT2D eigenvalue weighted by Gasteiger charge is -2.36. The van der Waals surface area contributed by atoms with Crippen molar-refractivity contribution in [2.45, 2.75) is 5.54 Å². The van der Waals surface area contributed by atoms with Gasteiger partial charge in [-0.3, -0.25) is 0 Å². The van der Waals surface area contributed by atoms with Crippen molar-refractivity contribution in [3.63, 3.8) is 0 Å². The topological polar surface area (TPSA) is 21.3 Å². The van der Waals surface area contributed by atoms with Gasteiger partial charge in [0, 0.05) is 21.8 Å². The van der Waals surface area contributed by atoms with E-state index in [4.69, 9.17) is 4.42 Å². The summed E-state index contributed by atoms with van der Waals surface area (Å²) < 4.78 is 9.15. The molecule has 2 aromatic heterocycles. The van der Waals surface area contributed by atoms with Gasteiger partial charge in [0.2, 0.25) is 0 Å². The van der Waals surface area contributed by atoms with Gasteiger partial charge in [0.05, 0.1) is 27.8 Å². The second kappa shape index (κ2) is 12.7. The zero-order valence-corrected chi connectivity index (χ0v) is 31.6. The quantitative estimate of drug-likeness (QED) is 0.169. The molecule has 0 bridgehead atoms. The molecule has 0 atom stereocenters. The standard InChI is InChI=1S/C55H36N2O/c1-3-17-37(18-4-1)38-33-35-40(36-34-38)56(49-29-16-32-52-54(49)44-24-10-14-31-51(44)58-52)48-28-15-30-50-53(48)43-23-9-13-27-47(43)57(50)55(39-19-5-2-6-20-39)45-25-11-7-21-41(45)42-22-8-12-26-46(42)55/h1-36H. The van der Waals surface area contributed by atoms with Crippen molar-refractivity contribution < 1.29 is 4.42 Å². The molecule has 0 saturated carbocycles. The highest BCUT2D eigenvalue weighted by Crippen LogP contribution is 2.57. The summed E-state index contributed by atoms with van der Waals surface area (Å²) in [6.45, 7) is 0. The van der Waals surface area contributed by atoms with Gasteiger partial charge in [-0.05, 0) is 87.5 Å². The van der Waals surface area contributed by atoms with E-state index in [1.165, 1.54) is 55.2 Å². The molecule has 0 unspecified atom stereocenters. The lowest BCUT2D eigenvalue weighted by molar-refractivity contribution is 0.564. The molecule has 0 aliphatic heterocycles. The number of furan rings is 1. The summed E-state index contributed by atoms with van der Waals surface area (Å²) in [4.78, 5) is 2.45. The summed E-state index contributed by atoms with van der Waals surface area (Å²) in [5.74, 6) is 0. The third-order valence-corrected chi connectivity index (χ3v) is 12.2. The van der Waals surface area contributed by atoms with Crippen LogP contribution in [0.3, 0.4) is 0 Å². The lowest BCUT2D eigenvalue weighted by Crippen LogP contribution is -2.35. The zero-order chi connectivity index (χ0) is 38.2. The van der Waals surface area contributed by atoms with Gasteiger partial charge < -0.3 is 13.9 Å². The summed E-state index contributed by atoms with van der Waals surface area (Å²) in [5, 5.41) is 4.56. The molecule has 3 nitrogen and oxygen atoms in total. The van der Waals surface area contributed by atoms with Crippen LogP contribution in [0.1, 0.15) is 16.7 Å². The maximum absolute atomic E-state index is 6.52. The molecule has 58 heavy (non-hydrogen) atoms. The van der Waals surface area contributed by atoms with Crippen LogP contribution in [0.25, 0.3) is 66.0 Å². The molecule has 12 rings (SSSR count). The third-order valence-electron chi connectivity index (χ3n) is 12.2. The molecule has 0 N–H and O–H groups in total. The monoisotopic (exact) mass is 740 g/mol. The van der Waals surface area contributed by atoms with Crippen molar-refractivity contribution in [3.05, 3.63) is 235 Å².